The van der Waals surface area contributed by atoms with Crippen molar-refractivity contribution < 1.29 is 31.4 Å². The Morgan fingerprint density at radius 1 is 0.952 bits per heavy atom. The van der Waals surface area contributed by atoms with E-state index in [2.05, 4.69) is 10.2 Å². The lowest BCUT2D eigenvalue weighted by Gasteiger charge is -2.13. The molecule has 0 aliphatic heterocycles. The molecule has 2 aromatic rings. The molecule has 21 heavy (non-hydrogen) atoms. The maximum absolute atomic E-state index is 12.7. The predicted molar refractivity (Wildman–Crippen MR) is 57.7 cm³/mol. The van der Waals surface area contributed by atoms with Crippen LogP contribution in [0, 0.1) is 0 Å². The third-order valence-corrected chi connectivity index (χ3v) is 2.55. The number of aliphatic hydroxyl groups is 1. The van der Waals surface area contributed by atoms with E-state index in [9.17, 15) is 26.3 Å². The summed E-state index contributed by atoms with van der Waals surface area (Å²) in [4.78, 5) is 0.725. The van der Waals surface area contributed by atoms with Gasteiger partial charge in [0.15, 0.2) is 6.73 Å². The maximum Gasteiger partial charge on any atom is 0.416 e. The van der Waals surface area contributed by atoms with Crippen LogP contribution in [-0.4, -0.2) is 20.1 Å². The topological polar surface area (TPSA) is 50.9 Å². The van der Waals surface area contributed by atoms with Crippen LogP contribution < -0.4 is 0 Å². The van der Waals surface area contributed by atoms with Gasteiger partial charge in [-0.05, 0) is 18.2 Å². The third-order valence-electron chi connectivity index (χ3n) is 2.55. The highest BCUT2D eigenvalue weighted by Gasteiger charge is 2.37. The molecule has 0 saturated heterocycles. The fourth-order valence-corrected chi connectivity index (χ4v) is 1.60. The van der Waals surface area contributed by atoms with E-state index in [-0.39, 0.29) is 11.8 Å². The second-order valence-corrected chi connectivity index (χ2v) is 4.04. The number of hydrogen-bond acceptors (Lipinski definition) is 3. The molecule has 1 N–H and O–H groups in total. The molecule has 1 heterocycles. The van der Waals surface area contributed by atoms with Gasteiger partial charge in [0, 0.05) is 5.56 Å². The predicted octanol–water partition coefficient (Wildman–Crippen LogP) is 2.93. The van der Waals surface area contributed by atoms with E-state index >= 15 is 0 Å². The van der Waals surface area contributed by atoms with Crippen molar-refractivity contribution in [2.24, 2.45) is 0 Å². The fourth-order valence-electron chi connectivity index (χ4n) is 1.60. The second kappa shape index (κ2) is 5.02. The quantitative estimate of drug-likeness (QED) is 0.868. The first-order valence-corrected chi connectivity index (χ1v) is 5.42. The van der Waals surface area contributed by atoms with E-state index in [4.69, 9.17) is 5.11 Å². The average molecular weight is 311 g/mol. The van der Waals surface area contributed by atoms with Gasteiger partial charge in [0.05, 0.1) is 17.3 Å². The molecule has 4 nitrogen and oxygen atoms in total. The lowest BCUT2D eigenvalue weighted by molar-refractivity contribution is -0.143. The summed E-state index contributed by atoms with van der Waals surface area (Å²) in [5.41, 5.74) is -3.48. The van der Waals surface area contributed by atoms with Gasteiger partial charge in [-0.1, -0.05) is 0 Å². The van der Waals surface area contributed by atoms with Gasteiger partial charge in [-0.3, -0.25) is 0 Å². The Labute approximate surface area is 113 Å². The summed E-state index contributed by atoms with van der Waals surface area (Å²) >= 11 is 0. The second-order valence-electron chi connectivity index (χ2n) is 4.04. The maximum atomic E-state index is 12.7. The highest BCUT2D eigenvalue weighted by atomic mass is 19.4. The summed E-state index contributed by atoms with van der Waals surface area (Å²) < 4.78 is 76.0. The molecule has 0 fully saturated rings. The van der Waals surface area contributed by atoms with Gasteiger partial charge < -0.3 is 5.11 Å². The molecular weight excluding hydrogens is 304 g/mol. The van der Waals surface area contributed by atoms with Crippen LogP contribution in [-0.2, 0) is 19.1 Å². The number of rotatable bonds is 2. The van der Waals surface area contributed by atoms with Crippen molar-refractivity contribution in [2.75, 3.05) is 0 Å². The van der Waals surface area contributed by atoms with E-state index in [1.165, 1.54) is 0 Å². The number of nitrogens with zero attached hydrogens (tertiary/aromatic N) is 3. The Morgan fingerprint density at radius 2 is 1.48 bits per heavy atom. The van der Waals surface area contributed by atoms with Gasteiger partial charge in [-0.25, -0.2) is 0 Å². The molecule has 0 aliphatic rings. The van der Waals surface area contributed by atoms with E-state index < -0.39 is 35.8 Å². The Kier molecular flexibility index (Phi) is 3.66. The minimum atomic E-state index is -4.93. The largest absolute Gasteiger partial charge is 0.416 e. The summed E-state index contributed by atoms with van der Waals surface area (Å²) in [6.45, 7) is -0.648. The van der Waals surface area contributed by atoms with Gasteiger partial charge >= 0.3 is 12.4 Å². The number of aliphatic hydroxyl groups excluding tert-OH is 1. The molecule has 0 spiro atoms. The van der Waals surface area contributed by atoms with E-state index in [1.54, 1.807) is 0 Å². The number of alkyl halides is 6. The molecule has 0 radical (unpaired) electrons. The monoisotopic (exact) mass is 311 g/mol. The van der Waals surface area contributed by atoms with Gasteiger partial charge in [-0.2, -0.15) is 41.3 Å². The molecule has 0 bridgehead atoms. The summed E-state index contributed by atoms with van der Waals surface area (Å²) in [5, 5.41) is 15.8. The van der Waals surface area contributed by atoms with Crippen LogP contribution in [0.2, 0.25) is 0 Å². The molecule has 0 aliphatic carbocycles. The van der Waals surface area contributed by atoms with Gasteiger partial charge in [0.25, 0.3) is 0 Å². The van der Waals surface area contributed by atoms with Crippen molar-refractivity contribution in [1.29, 1.82) is 0 Å². The van der Waals surface area contributed by atoms with E-state index in [0.29, 0.717) is 12.1 Å². The molecule has 114 valence electrons. The summed E-state index contributed by atoms with van der Waals surface area (Å²) in [7, 11) is 0. The van der Waals surface area contributed by atoms with E-state index in [1.807, 2.05) is 0 Å². The molecule has 0 amide bonds. The first-order chi connectivity index (χ1) is 9.61. The summed E-state index contributed by atoms with van der Waals surface area (Å²) in [5.74, 6) is 0. The number of aromatic nitrogens is 3. The molecule has 2 rings (SSSR count). The van der Waals surface area contributed by atoms with Gasteiger partial charge in [0.2, 0.25) is 0 Å². The smallest absolute Gasteiger partial charge is 0.373 e. The van der Waals surface area contributed by atoms with Crippen molar-refractivity contribution in [3.8, 4) is 11.3 Å². The zero-order chi connectivity index (χ0) is 15.8. The Balaban J connectivity index is 2.60. The molecule has 0 saturated carbocycles. The molecule has 1 aromatic carbocycles. The highest BCUT2D eigenvalue weighted by Crippen LogP contribution is 2.38. The lowest BCUT2D eigenvalue weighted by Crippen LogP contribution is -2.11. The van der Waals surface area contributed by atoms with Crippen LogP contribution in [0.15, 0.2) is 24.4 Å². The first-order valence-electron chi connectivity index (χ1n) is 5.42. The molecule has 0 atom stereocenters. The van der Waals surface area contributed by atoms with Crippen molar-refractivity contribution >= 4 is 0 Å². The van der Waals surface area contributed by atoms with Gasteiger partial charge in [-0.15, -0.1) is 0 Å². The minimum absolute atomic E-state index is 0.0277. The van der Waals surface area contributed by atoms with Crippen molar-refractivity contribution in [2.45, 2.75) is 19.1 Å². The van der Waals surface area contributed by atoms with Crippen LogP contribution in [0.1, 0.15) is 11.1 Å². The molecule has 1 aromatic heterocycles. The minimum Gasteiger partial charge on any atom is -0.373 e. The third kappa shape index (κ3) is 3.32. The molecule has 0 unspecified atom stereocenters. The van der Waals surface area contributed by atoms with Crippen molar-refractivity contribution in [3.05, 3.63) is 35.5 Å². The highest BCUT2D eigenvalue weighted by molar-refractivity contribution is 5.60. The molecular formula is C11H7F6N3O. The van der Waals surface area contributed by atoms with Crippen LogP contribution >= 0.6 is 0 Å². The fraction of sp³-hybridized carbons (Fsp3) is 0.273. The zero-order valence-corrected chi connectivity index (χ0v) is 10.1. The zero-order valence-electron chi connectivity index (χ0n) is 10.1. The van der Waals surface area contributed by atoms with Crippen LogP contribution in [0.4, 0.5) is 26.3 Å². The van der Waals surface area contributed by atoms with Crippen molar-refractivity contribution in [3.63, 3.8) is 0 Å². The summed E-state index contributed by atoms with van der Waals surface area (Å²) in [6.07, 6.45) is -8.89. The Hall–Kier alpha value is -2.10. The van der Waals surface area contributed by atoms with Gasteiger partial charge in [0.1, 0.15) is 5.69 Å². The van der Waals surface area contributed by atoms with Crippen LogP contribution in [0.25, 0.3) is 11.3 Å². The Bertz CT molecular complexity index is 614. The van der Waals surface area contributed by atoms with Crippen molar-refractivity contribution in [1.82, 2.24) is 15.0 Å². The standard InChI is InChI=1S/C11H7F6N3O/c12-10(13,14)7-1-6(2-8(3-7)11(15,16)17)9-4-18-20(5-21)19-9/h1-4,21H,5H2. The number of halogens is 6. The van der Waals surface area contributed by atoms with Crippen LogP contribution in [0.3, 0.4) is 0 Å². The lowest BCUT2D eigenvalue weighted by atomic mass is 10.0. The summed E-state index contributed by atoms with van der Waals surface area (Å²) in [6, 6.07) is 1.11. The first kappa shape index (κ1) is 15.3. The normalized spacial score (nSPS) is 12.7. The Morgan fingerprint density at radius 3 is 1.86 bits per heavy atom. The SMILES string of the molecule is OCn1ncc(-c2cc(C(F)(F)F)cc(C(F)(F)F)c2)n1. The average Bonchev–Trinajstić information content (AvgIpc) is 2.85. The van der Waals surface area contributed by atoms with E-state index in [0.717, 1.165) is 11.0 Å². The molecule has 10 heteroatoms. The van der Waals surface area contributed by atoms with Crippen LogP contribution in [0.5, 0.6) is 0 Å². The number of benzene rings is 1. The number of hydrogen-bond donors (Lipinski definition) is 1.